The molecule has 2 amide bonds. The molecule has 0 aromatic rings. The first kappa shape index (κ1) is 63.3. The molecule has 11 atom stereocenters. The van der Waals surface area contributed by atoms with Gasteiger partial charge in [-0.2, -0.15) is 0 Å². The van der Waals surface area contributed by atoms with Crippen molar-refractivity contribution in [3.63, 3.8) is 0 Å². The Morgan fingerprint density at radius 1 is 0.812 bits per heavy atom. The summed E-state index contributed by atoms with van der Waals surface area (Å²) in [7, 11) is 2.38. The van der Waals surface area contributed by atoms with Crippen molar-refractivity contribution >= 4 is 47.6 Å². The Labute approximate surface area is 467 Å². The number of ether oxygens (including phenoxy) is 9. The Kier molecular flexibility index (Phi) is 21.6. The van der Waals surface area contributed by atoms with Crippen LogP contribution in [-0.4, -0.2) is 155 Å². The van der Waals surface area contributed by atoms with Crippen LogP contribution in [0.2, 0.25) is 0 Å². The topological polar surface area (TPSA) is 284 Å². The van der Waals surface area contributed by atoms with E-state index in [2.05, 4.69) is 0 Å². The molecule has 0 spiro atoms. The smallest absolute Gasteiger partial charge is 0.331 e. The van der Waals surface area contributed by atoms with Gasteiger partial charge < -0.3 is 58.0 Å². The van der Waals surface area contributed by atoms with E-state index in [1.54, 1.807) is 45.9 Å². The van der Waals surface area contributed by atoms with Gasteiger partial charge in [-0.25, -0.2) is 14.4 Å². The average Bonchev–Trinajstić information content (AvgIpc) is 3.84. The fourth-order valence-electron chi connectivity index (χ4n) is 11.4. The molecule has 442 valence electrons. The van der Waals surface area contributed by atoms with Gasteiger partial charge in [0.25, 0.3) is 11.8 Å². The van der Waals surface area contributed by atoms with Crippen LogP contribution in [0, 0.1) is 22.7 Å². The summed E-state index contributed by atoms with van der Waals surface area (Å²) < 4.78 is 53.9. The third-order valence-electron chi connectivity index (χ3n) is 16.2. The number of fused-ring (bicyclic) bond motifs is 6. The first-order valence-corrected chi connectivity index (χ1v) is 27.7. The highest BCUT2D eigenvalue weighted by atomic mass is 16.7. The van der Waals surface area contributed by atoms with E-state index in [1.807, 2.05) is 13.0 Å². The van der Waals surface area contributed by atoms with E-state index < -0.39 is 125 Å². The van der Waals surface area contributed by atoms with Gasteiger partial charge in [-0.3, -0.25) is 28.9 Å². The Morgan fingerprint density at radius 2 is 1.49 bits per heavy atom. The normalized spacial score (nSPS) is 34.8. The predicted octanol–water partition coefficient (Wildman–Crippen LogP) is 5.56. The third kappa shape index (κ3) is 16.0. The SMILES string of the molecule is CCC/C=C/C=C/C(=O)O[C@H]1/C(=C/C(=O)OC)C[C@H]2CC([C@@H](C)OC(=O)[C@H]3CC[C@H](CN4C(=O)C=CC4=O)CC3)OC(=O)C[C@H](O)C[C@@H]3C[C@H](OC(C)=O)C(C)(C)[C@](O)(C[C@@H]4C/C(=C/C(=O)OC)C[C@H](/C=C/C(C)(C)[C@]1(O)O2)O4)O3. The van der Waals surface area contributed by atoms with Crippen LogP contribution >= 0.6 is 0 Å². The van der Waals surface area contributed by atoms with Gasteiger partial charge in [0.05, 0.1) is 62.5 Å². The molecule has 21 nitrogen and oxygen atoms in total. The maximum absolute atomic E-state index is 14.2. The Balaban J connectivity index is 1.41. The molecular weight excluding hydrogens is 1040 g/mol. The largest absolute Gasteiger partial charge is 0.466 e. The number of imide groups is 1. The summed E-state index contributed by atoms with van der Waals surface area (Å²) >= 11 is 0. The fraction of sp³-hybridized carbons (Fsp3) is 0.661. The second-order valence-electron chi connectivity index (χ2n) is 23.0. The highest BCUT2D eigenvalue weighted by molar-refractivity contribution is 6.12. The van der Waals surface area contributed by atoms with E-state index in [1.165, 1.54) is 50.2 Å². The number of carbonyl (C=O) groups is 8. The summed E-state index contributed by atoms with van der Waals surface area (Å²) in [5.41, 5.74) is -2.27. The summed E-state index contributed by atoms with van der Waals surface area (Å²) in [6.07, 6.45) is 5.72. The van der Waals surface area contributed by atoms with Crippen LogP contribution in [0.4, 0.5) is 0 Å². The zero-order valence-electron chi connectivity index (χ0n) is 47.5. The molecule has 4 fully saturated rings. The van der Waals surface area contributed by atoms with E-state index in [0.717, 1.165) is 32.1 Å². The molecule has 1 unspecified atom stereocenters. The number of cyclic esters (lactones) is 1. The quantitative estimate of drug-likeness (QED) is 0.0508. The minimum Gasteiger partial charge on any atom is -0.466 e. The molecular formula is C59H81NO20. The zero-order valence-corrected chi connectivity index (χ0v) is 47.5. The number of hydrogen-bond donors (Lipinski definition) is 3. The molecule has 0 radical (unpaired) electrons. The van der Waals surface area contributed by atoms with Crippen molar-refractivity contribution in [3.8, 4) is 0 Å². The number of rotatable bonds is 13. The van der Waals surface area contributed by atoms with Crippen LogP contribution in [0.3, 0.4) is 0 Å². The summed E-state index contributed by atoms with van der Waals surface area (Å²) in [5, 5.41) is 37.6. The molecule has 3 N–H and O–H groups in total. The van der Waals surface area contributed by atoms with E-state index >= 15 is 0 Å². The van der Waals surface area contributed by atoms with Gasteiger partial charge in [0.1, 0.15) is 18.3 Å². The molecule has 0 aromatic heterocycles. The second kappa shape index (κ2) is 27.3. The van der Waals surface area contributed by atoms with Crippen molar-refractivity contribution < 1.29 is 96.3 Å². The van der Waals surface area contributed by atoms with Crippen molar-refractivity contribution in [3.05, 3.63) is 71.9 Å². The van der Waals surface area contributed by atoms with Crippen molar-refractivity contribution in [1.29, 1.82) is 0 Å². The van der Waals surface area contributed by atoms with Crippen molar-refractivity contribution in [1.82, 2.24) is 4.90 Å². The van der Waals surface area contributed by atoms with Gasteiger partial charge in [-0.05, 0) is 69.8 Å². The van der Waals surface area contributed by atoms with E-state index in [-0.39, 0.29) is 74.8 Å². The lowest BCUT2D eigenvalue weighted by atomic mass is 9.70. The van der Waals surface area contributed by atoms with Crippen LogP contribution in [-0.2, 0) is 81.0 Å². The summed E-state index contributed by atoms with van der Waals surface area (Å²) in [4.78, 5) is 106. The second-order valence-corrected chi connectivity index (χ2v) is 23.0. The maximum Gasteiger partial charge on any atom is 0.331 e. The summed E-state index contributed by atoms with van der Waals surface area (Å²) in [6, 6.07) is 0. The van der Waals surface area contributed by atoms with Crippen LogP contribution < -0.4 is 0 Å². The molecule has 5 aliphatic heterocycles. The first-order chi connectivity index (χ1) is 37.7. The van der Waals surface area contributed by atoms with Crippen LogP contribution in [0.1, 0.15) is 138 Å². The van der Waals surface area contributed by atoms with Crippen molar-refractivity contribution in [2.45, 2.75) is 205 Å². The highest BCUT2D eigenvalue weighted by Crippen LogP contribution is 2.50. The minimum atomic E-state index is -2.56. The lowest BCUT2D eigenvalue weighted by Crippen LogP contribution is -2.62. The lowest BCUT2D eigenvalue weighted by Gasteiger charge is -2.53. The van der Waals surface area contributed by atoms with Crippen LogP contribution in [0.15, 0.2) is 71.9 Å². The van der Waals surface area contributed by atoms with Gasteiger partial charge >= 0.3 is 35.8 Å². The molecule has 1 saturated carbocycles. The fourth-order valence-corrected chi connectivity index (χ4v) is 11.4. The van der Waals surface area contributed by atoms with Gasteiger partial charge in [0.2, 0.25) is 5.79 Å². The van der Waals surface area contributed by atoms with Crippen molar-refractivity contribution in [2.75, 3.05) is 20.8 Å². The van der Waals surface area contributed by atoms with Gasteiger partial charge in [-0.15, -0.1) is 0 Å². The van der Waals surface area contributed by atoms with Gasteiger partial charge in [0.15, 0.2) is 11.9 Å². The van der Waals surface area contributed by atoms with E-state index in [9.17, 15) is 53.7 Å². The number of esters is 6. The summed E-state index contributed by atoms with van der Waals surface area (Å²) in [6.45, 7) is 11.5. The lowest BCUT2D eigenvalue weighted by molar-refractivity contribution is -0.348. The molecule has 6 bridgehead atoms. The number of methoxy groups -OCH3 is 2. The van der Waals surface area contributed by atoms with E-state index in [4.69, 9.17) is 42.6 Å². The van der Waals surface area contributed by atoms with E-state index in [0.29, 0.717) is 31.3 Å². The molecule has 80 heavy (non-hydrogen) atoms. The zero-order chi connectivity index (χ0) is 58.7. The Hall–Kier alpha value is -5.84. The Morgan fingerprint density at radius 3 is 2.14 bits per heavy atom. The third-order valence-corrected chi connectivity index (χ3v) is 16.2. The maximum atomic E-state index is 14.2. The molecule has 6 aliphatic rings. The number of aliphatic hydroxyl groups excluding tert-OH is 1. The molecule has 0 aromatic carbocycles. The van der Waals surface area contributed by atoms with Crippen LogP contribution in [0.5, 0.6) is 0 Å². The first-order valence-electron chi connectivity index (χ1n) is 27.7. The molecule has 6 rings (SSSR count). The molecule has 1 aliphatic carbocycles. The average molecular weight is 1120 g/mol. The molecule has 5 heterocycles. The standard InChI is InChI=1S/C59H81NO20/c1-10-11-12-13-14-15-50(65)78-54-40(28-52(67)73-9)27-43-31-46(35(2)74-55(69)39-18-16-37(17-19-39)34-60-48(63)20-21-49(60)64)77-53(68)30-41(62)29-44-32-47(75-36(3)61)57(6,7)58(70,79-44)33-45-25-38(26-51(66)72-8)24-42(76-45)22-23-56(4,5)59(54,71)80-43/h12-15,20-23,26,28,35,37,39,41-47,54,62,70-71H,10-11,16-19,24-25,27,29-34H2,1-9H3/b13-12+,15-14+,23-22+,38-26+,40-28+/t35-,37-,39-,41-,42+,43+,44-,45+,46?,47+,54+,58+,59-/m1/s1. The van der Waals surface area contributed by atoms with Crippen LogP contribution in [0.25, 0.3) is 0 Å². The number of nitrogens with zero attached hydrogens (tertiary/aromatic N) is 1. The number of allylic oxidation sites excluding steroid dienone is 3. The minimum absolute atomic E-state index is 0.0235. The van der Waals surface area contributed by atoms with Gasteiger partial charge in [0, 0.05) is 74.9 Å². The van der Waals surface area contributed by atoms with Crippen molar-refractivity contribution in [2.24, 2.45) is 22.7 Å². The van der Waals surface area contributed by atoms with Gasteiger partial charge in [-0.1, -0.05) is 77.0 Å². The number of unbranched alkanes of at least 4 members (excludes halogenated alkanes) is 1. The number of hydrogen-bond acceptors (Lipinski definition) is 20. The Bertz CT molecular complexity index is 2460. The number of carbonyl (C=O) groups excluding carboxylic acids is 8. The number of amides is 2. The predicted molar refractivity (Wildman–Crippen MR) is 284 cm³/mol. The monoisotopic (exact) mass is 1120 g/mol. The number of aliphatic hydroxyl groups is 3. The molecule has 21 heteroatoms. The highest BCUT2D eigenvalue weighted by Gasteiger charge is 2.60. The molecule has 3 saturated heterocycles. The summed E-state index contributed by atoms with van der Waals surface area (Å²) in [5.74, 6) is -10.6.